The van der Waals surface area contributed by atoms with Crippen molar-refractivity contribution in [1.29, 1.82) is 0 Å². The summed E-state index contributed by atoms with van der Waals surface area (Å²) in [6.07, 6.45) is 6.86. The van der Waals surface area contributed by atoms with Gasteiger partial charge in [0.15, 0.2) is 5.78 Å². The second kappa shape index (κ2) is 5.85. The summed E-state index contributed by atoms with van der Waals surface area (Å²) < 4.78 is 5.64. The summed E-state index contributed by atoms with van der Waals surface area (Å²) in [5.41, 5.74) is 3.40. The predicted molar refractivity (Wildman–Crippen MR) is 73.4 cm³/mol. The van der Waals surface area contributed by atoms with E-state index < -0.39 is 0 Å². The number of Topliss-reactive ketones (excluding diaryl/α,β-unsaturated/α-hetero) is 1. The molecule has 0 fully saturated rings. The Labute approximate surface area is 109 Å². The first-order valence-electron chi connectivity index (χ1n) is 6.69. The zero-order valence-corrected chi connectivity index (χ0v) is 11.0. The van der Waals surface area contributed by atoms with Gasteiger partial charge in [-0.25, -0.2) is 0 Å². The Hall–Kier alpha value is -1.57. The third kappa shape index (κ3) is 2.63. The molecule has 1 aliphatic carbocycles. The van der Waals surface area contributed by atoms with Crippen LogP contribution in [-0.4, -0.2) is 12.4 Å². The molecule has 96 valence electrons. The smallest absolute Gasteiger partial charge is 0.166 e. The molecule has 0 aromatic heterocycles. The molecule has 0 aliphatic heterocycles. The van der Waals surface area contributed by atoms with E-state index in [4.69, 9.17) is 4.74 Å². The van der Waals surface area contributed by atoms with Gasteiger partial charge in [-0.3, -0.25) is 4.79 Å². The second-order valence-electron chi connectivity index (χ2n) is 4.70. The van der Waals surface area contributed by atoms with E-state index in [1.54, 1.807) is 6.08 Å². The number of hydrogen-bond acceptors (Lipinski definition) is 2. The first kappa shape index (κ1) is 12.9. The molecule has 0 heterocycles. The Bertz CT molecular complexity index is 460. The standard InChI is InChI=1S/C16H20O2/c1-3-9-18-16-11-13-8-6-5-7-12(13)10-14(16)15(17)4-2/h3,10-11H,1,4-9H2,2H3. The lowest BCUT2D eigenvalue weighted by Gasteiger charge is -2.19. The minimum Gasteiger partial charge on any atom is -0.489 e. The predicted octanol–water partition coefficient (Wildman–Crippen LogP) is 3.72. The Balaban J connectivity index is 2.40. The molecule has 0 atom stereocenters. The number of carbonyl (C=O) groups is 1. The van der Waals surface area contributed by atoms with Gasteiger partial charge in [0, 0.05) is 6.42 Å². The first-order chi connectivity index (χ1) is 8.76. The Morgan fingerprint density at radius 3 is 2.61 bits per heavy atom. The molecule has 0 unspecified atom stereocenters. The molecule has 1 aromatic rings. The summed E-state index contributed by atoms with van der Waals surface area (Å²) >= 11 is 0. The second-order valence-corrected chi connectivity index (χ2v) is 4.70. The van der Waals surface area contributed by atoms with Crippen molar-refractivity contribution in [2.24, 2.45) is 0 Å². The zero-order chi connectivity index (χ0) is 13.0. The molecule has 1 aromatic carbocycles. The Morgan fingerprint density at radius 2 is 2.00 bits per heavy atom. The third-order valence-corrected chi connectivity index (χ3v) is 3.42. The van der Waals surface area contributed by atoms with E-state index >= 15 is 0 Å². The number of fused-ring (bicyclic) bond motifs is 1. The molecule has 0 saturated heterocycles. The van der Waals surface area contributed by atoms with Crippen LogP contribution in [0.25, 0.3) is 0 Å². The number of rotatable bonds is 5. The molecule has 0 saturated carbocycles. The molecule has 18 heavy (non-hydrogen) atoms. The number of carbonyl (C=O) groups excluding carboxylic acids is 1. The van der Waals surface area contributed by atoms with Crippen LogP contribution < -0.4 is 4.74 Å². The van der Waals surface area contributed by atoms with Gasteiger partial charge in [0.05, 0.1) is 5.56 Å². The van der Waals surface area contributed by atoms with Gasteiger partial charge in [0.1, 0.15) is 12.4 Å². The number of hydrogen-bond donors (Lipinski definition) is 0. The molecule has 0 N–H and O–H groups in total. The van der Waals surface area contributed by atoms with Crippen molar-refractivity contribution in [3.05, 3.63) is 41.5 Å². The summed E-state index contributed by atoms with van der Waals surface area (Å²) in [6, 6.07) is 4.10. The summed E-state index contributed by atoms with van der Waals surface area (Å²) in [4.78, 5) is 12.0. The summed E-state index contributed by atoms with van der Waals surface area (Å²) in [6.45, 7) is 5.98. The fourth-order valence-electron chi connectivity index (χ4n) is 2.44. The van der Waals surface area contributed by atoms with Crippen LogP contribution >= 0.6 is 0 Å². The van der Waals surface area contributed by atoms with E-state index in [2.05, 4.69) is 12.6 Å². The van der Waals surface area contributed by atoms with Crippen LogP contribution in [0.2, 0.25) is 0 Å². The molecular weight excluding hydrogens is 224 g/mol. The molecule has 2 rings (SSSR count). The Kier molecular flexibility index (Phi) is 4.19. The summed E-state index contributed by atoms with van der Waals surface area (Å²) in [7, 11) is 0. The molecule has 0 spiro atoms. The van der Waals surface area contributed by atoms with Gasteiger partial charge in [-0.1, -0.05) is 19.6 Å². The van der Waals surface area contributed by atoms with Gasteiger partial charge in [-0.15, -0.1) is 0 Å². The number of aryl methyl sites for hydroxylation is 2. The number of ether oxygens (including phenoxy) is 1. The van der Waals surface area contributed by atoms with Gasteiger partial charge >= 0.3 is 0 Å². The molecule has 0 radical (unpaired) electrons. The van der Waals surface area contributed by atoms with Gasteiger partial charge in [-0.2, -0.15) is 0 Å². The van der Waals surface area contributed by atoms with Crippen molar-refractivity contribution in [2.45, 2.75) is 39.0 Å². The average molecular weight is 244 g/mol. The zero-order valence-electron chi connectivity index (χ0n) is 11.0. The minimum atomic E-state index is 0.155. The van der Waals surface area contributed by atoms with E-state index in [0.29, 0.717) is 13.0 Å². The lowest BCUT2D eigenvalue weighted by molar-refractivity contribution is 0.0984. The highest BCUT2D eigenvalue weighted by Gasteiger charge is 2.17. The lowest BCUT2D eigenvalue weighted by Crippen LogP contribution is -2.09. The number of benzene rings is 1. The van der Waals surface area contributed by atoms with Crippen molar-refractivity contribution in [3.8, 4) is 5.75 Å². The molecule has 0 bridgehead atoms. The van der Waals surface area contributed by atoms with E-state index in [1.165, 1.54) is 24.0 Å². The third-order valence-electron chi connectivity index (χ3n) is 3.42. The van der Waals surface area contributed by atoms with Crippen molar-refractivity contribution in [2.75, 3.05) is 6.61 Å². The maximum absolute atomic E-state index is 12.0. The van der Waals surface area contributed by atoms with Gasteiger partial charge in [0.25, 0.3) is 0 Å². The normalized spacial score (nSPS) is 13.8. The van der Waals surface area contributed by atoms with Crippen molar-refractivity contribution >= 4 is 5.78 Å². The van der Waals surface area contributed by atoms with Crippen LogP contribution in [0.1, 0.15) is 47.7 Å². The summed E-state index contributed by atoms with van der Waals surface area (Å²) in [5, 5.41) is 0. The van der Waals surface area contributed by atoms with Crippen LogP contribution in [0, 0.1) is 0 Å². The molecule has 2 nitrogen and oxygen atoms in total. The fourth-order valence-corrected chi connectivity index (χ4v) is 2.44. The van der Waals surface area contributed by atoms with Crippen LogP contribution in [-0.2, 0) is 12.8 Å². The van der Waals surface area contributed by atoms with Crippen LogP contribution in [0.5, 0.6) is 5.75 Å². The highest BCUT2D eigenvalue weighted by atomic mass is 16.5. The van der Waals surface area contributed by atoms with Gasteiger partial charge in [0.2, 0.25) is 0 Å². The first-order valence-corrected chi connectivity index (χ1v) is 6.69. The minimum absolute atomic E-state index is 0.155. The Morgan fingerprint density at radius 1 is 1.33 bits per heavy atom. The topological polar surface area (TPSA) is 26.3 Å². The molecule has 1 aliphatic rings. The van der Waals surface area contributed by atoms with E-state index in [9.17, 15) is 4.79 Å². The van der Waals surface area contributed by atoms with E-state index in [0.717, 1.165) is 24.2 Å². The highest BCUT2D eigenvalue weighted by Crippen LogP contribution is 2.30. The SMILES string of the molecule is C=CCOc1cc2c(cc1C(=O)CC)CCCC2. The van der Waals surface area contributed by atoms with Crippen LogP contribution in [0.4, 0.5) is 0 Å². The average Bonchev–Trinajstić information content (AvgIpc) is 2.43. The largest absolute Gasteiger partial charge is 0.489 e. The summed E-state index contributed by atoms with van der Waals surface area (Å²) in [5.74, 6) is 0.879. The van der Waals surface area contributed by atoms with Crippen molar-refractivity contribution < 1.29 is 9.53 Å². The van der Waals surface area contributed by atoms with Crippen LogP contribution in [0.3, 0.4) is 0 Å². The monoisotopic (exact) mass is 244 g/mol. The van der Waals surface area contributed by atoms with Crippen molar-refractivity contribution in [1.82, 2.24) is 0 Å². The lowest BCUT2D eigenvalue weighted by atomic mass is 9.89. The highest BCUT2D eigenvalue weighted by molar-refractivity contribution is 5.98. The molecule has 2 heteroatoms. The van der Waals surface area contributed by atoms with E-state index in [-0.39, 0.29) is 5.78 Å². The van der Waals surface area contributed by atoms with Gasteiger partial charge in [-0.05, 0) is 48.9 Å². The molecule has 0 amide bonds. The quantitative estimate of drug-likeness (QED) is 0.583. The van der Waals surface area contributed by atoms with Crippen molar-refractivity contribution in [3.63, 3.8) is 0 Å². The van der Waals surface area contributed by atoms with Crippen LogP contribution in [0.15, 0.2) is 24.8 Å². The molecular formula is C16H20O2. The van der Waals surface area contributed by atoms with E-state index in [1.807, 2.05) is 13.0 Å². The fraction of sp³-hybridized carbons (Fsp3) is 0.438. The number of ketones is 1. The maximum Gasteiger partial charge on any atom is 0.166 e. The van der Waals surface area contributed by atoms with Gasteiger partial charge < -0.3 is 4.74 Å². The maximum atomic E-state index is 12.0.